The molecule has 3 rings (SSSR count). The maximum absolute atomic E-state index is 5.77. The van der Waals surface area contributed by atoms with Crippen LogP contribution in [0.15, 0.2) is 60.8 Å². The maximum Gasteiger partial charge on any atom is 0.137 e. The van der Waals surface area contributed by atoms with Crippen molar-refractivity contribution in [3.63, 3.8) is 0 Å². The van der Waals surface area contributed by atoms with Crippen LogP contribution in [-0.2, 0) is 0 Å². The molecule has 0 aliphatic carbocycles. The van der Waals surface area contributed by atoms with Crippen molar-refractivity contribution in [1.82, 2.24) is 9.97 Å². The maximum atomic E-state index is 5.77. The van der Waals surface area contributed by atoms with Crippen molar-refractivity contribution in [1.29, 1.82) is 0 Å². The van der Waals surface area contributed by atoms with Crippen LogP contribution in [-0.4, -0.2) is 16.6 Å². The van der Waals surface area contributed by atoms with Gasteiger partial charge in [-0.2, -0.15) is 0 Å². The number of aromatic amines is 1. The molecule has 0 spiro atoms. The van der Waals surface area contributed by atoms with Gasteiger partial charge in [-0.25, -0.2) is 4.98 Å². The lowest BCUT2D eigenvalue weighted by Crippen LogP contribution is -1.96. The van der Waals surface area contributed by atoms with Gasteiger partial charge in [0, 0.05) is 11.1 Å². The highest BCUT2D eigenvalue weighted by Gasteiger charge is 2.06. The minimum Gasteiger partial charge on any atom is -0.494 e. The molecule has 0 amide bonds. The van der Waals surface area contributed by atoms with Crippen molar-refractivity contribution in [2.75, 3.05) is 6.61 Å². The first-order valence-corrected chi connectivity index (χ1v) is 7.70. The van der Waals surface area contributed by atoms with E-state index in [1.54, 1.807) is 0 Å². The van der Waals surface area contributed by atoms with Gasteiger partial charge in [0.1, 0.15) is 11.6 Å². The second-order valence-corrected chi connectivity index (χ2v) is 5.24. The highest BCUT2D eigenvalue weighted by atomic mass is 16.5. The van der Waals surface area contributed by atoms with Crippen LogP contribution in [0.4, 0.5) is 0 Å². The molecule has 1 aromatic heterocycles. The Hall–Kier alpha value is -2.55. The summed E-state index contributed by atoms with van der Waals surface area (Å²) in [4.78, 5) is 7.85. The molecule has 1 heterocycles. The second kappa shape index (κ2) is 6.94. The van der Waals surface area contributed by atoms with Gasteiger partial charge < -0.3 is 9.72 Å². The van der Waals surface area contributed by atoms with Crippen LogP contribution >= 0.6 is 0 Å². The van der Waals surface area contributed by atoms with Gasteiger partial charge in [0.05, 0.1) is 18.5 Å². The molecule has 0 aliphatic heterocycles. The number of hydrogen-bond acceptors (Lipinski definition) is 2. The average Bonchev–Trinajstić information content (AvgIpc) is 3.06. The number of hydrogen-bond donors (Lipinski definition) is 1. The summed E-state index contributed by atoms with van der Waals surface area (Å²) >= 11 is 0. The predicted molar refractivity (Wildman–Crippen MR) is 89.9 cm³/mol. The van der Waals surface area contributed by atoms with E-state index in [0.29, 0.717) is 0 Å². The number of H-pyrrole nitrogens is 1. The van der Waals surface area contributed by atoms with Crippen molar-refractivity contribution >= 4 is 0 Å². The summed E-state index contributed by atoms with van der Waals surface area (Å²) in [5, 5.41) is 0. The number of rotatable bonds is 6. The fourth-order valence-corrected chi connectivity index (χ4v) is 2.30. The van der Waals surface area contributed by atoms with Gasteiger partial charge in [-0.1, -0.05) is 55.8 Å². The number of nitrogens with one attached hydrogen (secondary N) is 1. The lowest BCUT2D eigenvalue weighted by molar-refractivity contribution is 0.309. The molecule has 0 saturated heterocycles. The SMILES string of the molecule is CCCCOc1cccc(-c2cnc(-c3ccccc3)[nH]2)c1. The molecule has 0 radical (unpaired) electrons. The highest BCUT2D eigenvalue weighted by Crippen LogP contribution is 2.25. The third-order valence-corrected chi connectivity index (χ3v) is 3.53. The Balaban J connectivity index is 1.80. The minimum atomic E-state index is 0.762. The molecule has 22 heavy (non-hydrogen) atoms. The van der Waals surface area contributed by atoms with Crippen LogP contribution < -0.4 is 4.74 Å². The molecule has 1 N–H and O–H groups in total. The van der Waals surface area contributed by atoms with Gasteiger partial charge in [-0.3, -0.25) is 0 Å². The normalized spacial score (nSPS) is 10.6. The Kier molecular flexibility index (Phi) is 4.54. The Bertz CT molecular complexity index is 719. The van der Waals surface area contributed by atoms with E-state index in [1.807, 2.05) is 48.7 Å². The monoisotopic (exact) mass is 292 g/mol. The smallest absolute Gasteiger partial charge is 0.137 e. The quantitative estimate of drug-likeness (QED) is 0.655. The first-order valence-electron chi connectivity index (χ1n) is 7.70. The van der Waals surface area contributed by atoms with E-state index in [9.17, 15) is 0 Å². The molecule has 2 aromatic carbocycles. The summed E-state index contributed by atoms with van der Waals surface area (Å²) in [6, 6.07) is 18.3. The summed E-state index contributed by atoms with van der Waals surface area (Å²) in [5.41, 5.74) is 3.17. The predicted octanol–water partition coefficient (Wildman–Crippen LogP) is 4.92. The van der Waals surface area contributed by atoms with Gasteiger partial charge in [0.25, 0.3) is 0 Å². The van der Waals surface area contributed by atoms with Crippen LogP contribution in [0.3, 0.4) is 0 Å². The lowest BCUT2D eigenvalue weighted by atomic mass is 10.1. The Morgan fingerprint density at radius 2 is 1.82 bits per heavy atom. The Labute approximate surface area is 131 Å². The number of unbranched alkanes of at least 4 members (excludes halogenated alkanes) is 1. The molecular formula is C19H20N2O. The van der Waals surface area contributed by atoms with Gasteiger partial charge in [0.15, 0.2) is 0 Å². The molecule has 0 unspecified atom stereocenters. The molecule has 0 atom stereocenters. The first kappa shape index (κ1) is 14.4. The van der Waals surface area contributed by atoms with Crippen LogP contribution in [0.2, 0.25) is 0 Å². The first-order chi connectivity index (χ1) is 10.9. The number of imidazole rings is 1. The summed E-state index contributed by atoms with van der Waals surface area (Å²) in [5.74, 6) is 1.79. The van der Waals surface area contributed by atoms with Gasteiger partial charge in [0.2, 0.25) is 0 Å². The highest BCUT2D eigenvalue weighted by molar-refractivity contribution is 5.65. The van der Waals surface area contributed by atoms with Gasteiger partial charge in [-0.15, -0.1) is 0 Å². The molecule has 3 nitrogen and oxygen atoms in total. The van der Waals surface area contributed by atoms with E-state index < -0.39 is 0 Å². The number of nitrogens with zero attached hydrogens (tertiary/aromatic N) is 1. The third-order valence-electron chi connectivity index (χ3n) is 3.53. The number of benzene rings is 2. The molecule has 3 heteroatoms. The molecule has 112 valence electrons. The fraction of sp³-hybridized carbons (Fsp3) is 0.211. The summed E-state index contributed by atoms with van der Waals surface area (Å²) in [6.45, 7) is 2.92. The molecule has 0 fully saturated rings. The number of ether oxygens (including phenoxy) is 1. The van der Waals surface area contributed by atoms with Crippen molar-refractivity contribution in [3.8, 4) is 28.4 Å². The van der Waals surface area contributed by atoms with Crippen molar-refractivity contribution < 1.29 is 4.74 Å². The van der Waals surface area contributed by atoms with E-state index in [1.165, 1.54) is 0 Å². The molecule has 3 aromatic rings. The molecule has 0 saturated carbocycles. The van der Waals surface area contributed by atoms with Crippen LogP contribution in [0, 0.1) is 0 Å². The average molecular weight is 292 g/mol. The van der Waals surface area contributed by atoms with Crippen LogP contribution in [0.5, 0.6) is 5.75 Å². The van der Waals surface area contributed by atoms with Crippen LogP contribution in [0.25, 0.3) is 22.6 Å². The van der Waals surface area contributed by atoms with E-state index in [4.69, 9.17) is 4.74 Å². The zero-order valence-electron chi connectivity index (χ0n) is 12.8. The number of aromatic nitrogens is 2. The van der Waals surface area contributed by atoms with Gasteiger partial charge in [-0.05, 0) is 18.6 Å². The zero-order valence-corrected chi connectivity index (χ0v) is 12.8. The Morgan fingerprint density at radius 3 is 2.64 bits per heavy atom. The summed E-state index contributed by atoms with van der Waals surface area (Å²) in [6.07, 6.45) is 4.08. The lowest BCUT2D eigenvalue weighted by Gasteiger charge is -2.06. The minimum absolute atomic E-state index is 0.762. The summed E-state index contributed by atoms with van der Waals surface area (Å²) < 4.78 is 5.77. The van der Waals surface area contributed by atoms with E-state index in [0.717, 1.165) is 47.8 Å². The second-order valence-electron chi connectivity index (χ2n) is 5.24. The standard InChI is InChI=1S/C19H20N2O/c1-2-3-12-22-17-11-7-10-16(13-17)18-14-20-19(21-18)15-8-5-4-6-9-15/h4-11,13-14H,2-3,12H2,1H3,(H,20,21). The third kappa shape index (κ3) is 3.37. The van der Waals surface area contributed by atoms with E-state index in [-0.39, 0.29) is 0 Å². The summed E-state index contributed by atoms with van der Waals surface area (Å²) in [7, 11) is 0. The van der Waals surface area contributed by atoms with Gasteiger partial charge >= 0.3 is 0 Å². The van der Waals surface area contributed by atoms with Crippen LogP contribution in [0.1, 0.15) is 19.8 Å². The largest absolute Gasteiger partial charge is 0.494 e. The van der Waals surface area contributed by atoms with E-state index >= 15 is 0 Å². The topological polar surface area (TPSA) is 37.9 Å². The molecule has 0 bridgehead atoms. The van der Waals surface area contributed by atoms with E-state index in [2.05, 4.69) is 29.0 Å². The van der Waals surface area contributed by atoms with Crippen molar-refractivity contribution in [2.45, 2.75) is 19.8 Å². The zero-order chi connectivity index (χ0) is 15.2. The molecule has 0 aliphatic rings. The van der Waals surface area contributed by atoms with Crippen molar-refractivity contribution in [3.05, 3.63) is 60.8 Å². The van der Waals surface area contributed by atoms with Crippen molar-refractivity contribution in [2.24, 2.45) is 0 Å². The Morgan fingerprint density at radius 1 is 1.00 bits per heavy atom. The fourth-order valence-electron chi connectivity index (χ4n) is 2.30. The molecular weight excluding hydrogens is 272 g/mol.